The Bertz CT molecular complexity index is 1890. The summed E-state index contributed by atoms with van der Waals surface area (Å²) in [6.07, 6.45) is 11.3. The number of allylic oxidation sites excluding steroid dienone is 1. The van der Waals surface area contributed by atoms with Gasteiger partial charge in [-0.25, -0.2) is 9.00 Å². The number of nitrogens with zero attached hydrogens (tertiary/aromatic N) is 2. The van der Waals surface area contributed by atoms with Gasteiger partial charge in [0.05, 0.1) is 41.9 Å². The summed E-state index contributed by atoms with van der Waals surface area (Å²) in [4.78, 5) is 29.8. The van der Waals surface area contributed by atoms with Crippen LogP contribution in [0.4, 0.5) is 10.5 Å². The third-order valence-electron chi connectivity index (χ3n) is 12.3. The Morgan fingerprint density at radius 1 is 1.16 bits per heavy atom. The number of amides is 3. The normalized spacial score (nSPS) is 37.7. The minimum absolute atomic E-state index is 0.0214. The molecule has 2 aromatic rings. The van der Waals surface area contributed by atoms with Crippen LogP contribution in [0.2, 0.25) is 5.02 Å². The minimum Gasteiger partial charge on any atom is -0.490 e. The molecule has 274 valence electrons. The molecule has 51 heavy (non-hydrogen) atoms. The molecule has 9 rings (SSSR count). The molecule has 7 aliphatic rings. The van der Waals surface area contributed by atoms with Gasteiger partial charge in [0.1, 0.15) is 15.7 Å². The molecular formula is C39H49ClN4O6S. The first-order valence-electron chi connectivity index (χ1n) is 18.4. The number of anilines is 1. The van der Waals surface area contributed by atoms with Gasteiger partial charge < -0.3 is 24.4 Å². The minimum atomic E-state index is -3.51. The van der Waals surface area contributed by atoms with Crippen LogP contribution in [0.5, 0.6) is 5.75 Å². The number of methoxy groups -OCH3 is 1. The number of ether oxygens (including phenoxy) is 3. The van der Waals surface area contributed by atoms with E-state index in [1.165, 1.54) is 11.1 Å². The lowest BCUT2D eigenvalue weighted by Gasteiger charge is -2.46. The fraction of sp³-hybridized carbons (Fsp3) is 0.590. The summed E-state index contributed by atoms with van der Waals surface area (Å²) in [6, 6.07) is 11.0. The molecule has 2 saturated heterocycles. The van der Waals surface area contributed by atoms with Gasteiger partial charge in [-0.15, -0.1) is 4.36 Å². The number of fused-ring (bicyclic) bond motifs is 5. The molecule has 4 fully saturated rings. The predicted octanol–water partition coefficient (Wildman–Crippen LogP) is 6.59. The van der Waals surface area contributed by atoms with Crippen molar-refractivity contribution in [3.8, 4) is 5.75 Å². The van der Waals surface area contributed by atoms with Crippen LogP contribution in [-0.2, 0) is 31.2 Å². The van der Waals surface area contributed by atoms with E-state index in [2.05, 4.69) is 43.6 Å². The zero-order valence-electron chi connectivity index (χ0n) is 29.8. The fourth-order valence-electron chi connectivity index (χ4n) is 9.80. The number of hydrogen-bond acceptors (Lipinski definition) is 7. The molecule has 2 aromatic carbocycles. The van der Waals surface area contributed by atoms with Crippen molar-refractivity contribution in [1.82, 2.24) is 10.0 Å². The van der Waals surface area contributed by atoms with Crippen molar-refractivity contribution < 1.29 is 28.0 Å². The van der Waals surface area contributed by atoms with Gasteiger partial charge in [0.15, 0.2) is 0 Å². The maximum atomic E-state index is 14.5. The van der Waals surface area contributed by atoms with Crippen LogP contribution < -0.4 is 19.7 Å². The third kappa shape index (κ3) is 6.68. The SMILES string of the molecule is CO[C@H]1/C=C\C[C@H](C)CS(=O)(NC(=O)NC23COC(C)(C2)C3)=NC(=O)c2ccc3c(c2)N(C[C@@H]2CC[C@H]21)C[C@@]1(CCCc2cc(Cl)ccc21)CO3. The maximum Gasteiger partial charge on any atom is 0.327 e. The van der Waals surface area contributed by atoms with E-state index >= 15 is 0 Å². The zero-order chi connectivity index (χ0) is 35.6. The van der Waals surface area contributed by atoms with E-state index in [1.807, 2.05) is 32.0 Å². The van der Waals surface area contributed by atoms with Gasteiger partial charge in [-0.05, 0) is 105 Å². The molecule has 0 aromatic heterocycles. The molecule has 0 radical (unpaired) electrons. The van der Waals surface area contributed by atoms with Crippen LogP contribution in [-0.4, -0.2) is 72.6 Å². The Labute approximate surface area is 306 Å². The summed E-state index contributed by atoms with van der Waals surface area (Å²) >= 11 is 6.46. The second-order valence-corrected chi connectivity index (χ2v) is 18.8. The second-order valence-electron chi connectivity index (χ2n) is 16.4. The average molecular weight is 737 g/mol. The van der Waals surface area contributed by atoms with Gasteiger partial charge >= 0.3 is 6.03 Å². The zero-order valence-corrected chi connectivity index (χ0v) is 31.3. The molecule has 4 heterocycles. The number of carbonyl (C=O) groups is 2. The Morgan fingerprint density at radius 2 is 2.00 bits per heavy atom. The number of urea groups is 1. The van der Waals surface area contributed by atoms with Crippen molar-refractivity contribution in [2.45, 2.75) is 87.9 Å². The quantitative estimate of drug-likeness (QED) is 0.342. The van der Waals surface area contributed by atoms with Crippen molar-refractivity contribution in [1.29, 1.82) is 0 Å². The molecule has 6 atom stereocenters. The van der Waals surface area contributed by atoms with E-state index in [4.69, 9.17) is 25.8 Å². The van der Waals surface area contributed by atoms with Crippen LogP contribution in [0.15, 0.2) is 52.9 Å². The van der Waals surface area contributed by atoms with Crippen LogP contribution >= 0.6 is 11.6 Å². The molecule has 3 amide bonds. The van der Waals surface area contributed by atoms with E-state index < -0.39 is 27.4 Å². The van der Waals surface area contributed by atoms with E-state index in [0.717, 1.165) is 55.9 Å². The first-order chi connectivity index (χ1) is 24.4. The molecule has 1 unspecified atom stereocenters. The van der Waals surface area contributed by atoms with Crippen molar-refractivity contribution in [2.75, 3.05) is 44.1 Å². The molecular weight excluding hydrogens is 688 g/mol. The summed E-state index contributed by atoms with van der Waals surface area (Å²) in [5.41, 5.74) is 2.72. The number of aryl methyl sites for hydroxylation is 1. The van der Waals surface area contributed by atoms with Crippen LogP contribution in [0, 0.1) is 17.8 Å². The topological polar surface area (TPSA) is 119 Å². The van der Waals surface area contributed by atoms with Gasteiger partial charge in [0, 0.05) is 49.0 Å². The van der Waals surface area contributed by atoms with E-state index in [-0.39, 0.29) is 28.8 Å². The number of nitrogens with one attached hydrogen (secondary N) is 2. The molecule has 4 bridgehead atoms. The highest BCUT2D eigenvalue weighted by atomic mass is 35.5. The largest absolute Gasteiger partial charge is 0.490 e. The molecule has 2 saturated carbocycles. The number of rotatable bonds is 3. The first kappa shape index (κ1) is 34.9. The number of hydrogen-bond donors (Lipinski definition) is 2. The van der Waals surface area contributed by atoms with E-state index in [0.29, 0.717) is 55.6 Å². The number of benzene rings is 2. The molecule has 12 heteroatoms. The van der Waals surface area contributed by atoms with Crippen LogP contribution in [0.3, 0.4) is 0 Å². The fourth-order valence-corrected chi connectivity index (χ4v) is 11.8. The lowest BCUT2D eigenvalue weighted by atomic mass is 9.68. The molecule has 4 aliphatic heterocycles. The monoisotopic (exact) mass is 736 g/mol. The lowest BCUT2D eigenvalue weighted by molar-refractivity contribution is 0.0131. The van der Waals surface area contributed by atoms with E-state index in [9.17, 15) is 13.8 Å². The van der Waals surface area contributed by atoms with Gasteiger partial charge in [0.25, 0.3) is 5.91 Å². The van der Waals surface area contributed by atoms with Crippen molar-refractivity contribution in [3.63, 3.8) is 0 Å². The Hall–Kier alpha value is -3.12. The molecule has 10 nitrogen and oxygen atoms in total. The van der Waals surface area contributed by atoms with Gasteiger partial charge in [-0.3, -0.25) is 9.52 Å². The average Bonchev–Trinajstić information content (AvgIpc) is 3.50. The standard InChI is InChI=1S/C39H49ClN4O6S/c1-25-6-4-8-33(48-3)30-12-9-28(30)18-44-22-38(15-5-7-26-16-29(40)11-13-31(26)38)23-49-34-14-10-27(17-32(34)44)35(45)42-51(47,19-25)43-36(46)41-39-20-37(2,21-39)50-24-39/h4,8,10-11,13-14,16-17,25,28,30,33H,5-7,9,12,15,18-24H2,1-3H3,(H2,41,42,43,45,46,47)/b8-4-/t25-,28-,30+,33-,37?,38-,39?,51?/m0/s1. The Morgan fingerprint density at radius 3 is 2.75 bits per heavy atom. The predicted molar refractivity (Wildman–Crippen MR) is 198 cm³/mol. The van der Waals surface area contributed by atoms with Crippen molar-refractivity contribution in [3.05, 3.63) is 70.3 Å². The molecule has 1 spiro atoms. The highest BCUT2D eigenvalue weighted by molar-refractivity contribution is 7.92. The van der Waals surface area contributed by atoms with E-state index in [1.54, 1.807) is 13.2 Å². The highest BCUT2D eigenvalue weighted by Gasteiger charge is 2.60. The lowest BCUT2D eigenvalue weighted by Crippen LogP contribution is -2.61. The van der Waals surface area contributed by atoms with Gasteiger partial charge in [-0.1, -0.05) is 36.7 Å². The highest BCUT2D eigenvalue weighted by Crippen LogP contribution is 2.51. The summed E-state index contributed by atoms with van der Waals surface area (Å²) in [7, 11) is -1.74. The summed E-state index contributed by atoms with van der Waals surface area (Å²) in [5.74, 6) is 0.708. The molecule has 2 N–H and O–H groups in total. The summed E-state index contributed by atoms with van der Waals surface area (Å²) < 4.78 is 40.0. The molecule has 3 aliphatic carbocycles. The number of halogens is 1. The van der Waals surface area contributed by atoms with Crippen molar-refractivity contribution in [2.24, 2.45) is 22.1 Å². The third-order valence-corrected chi connectivity index (χ3v) is 14.5. The van der Waals surface area contributed by atoms with Crippen molar-refractivity contribution >= 4 is 39.1 Å². The Kier molecular flexibility index (Phi) is 8.96. The smallest absolute Gasteiger partial charge is 0.327 e. The summed E-state index contributed by atoms with van der Waals surface area (Å²) in [5, 5.41) is 3.73. The maximum absolute atomic E-state index is 14.5. The van der Waals surface area contributed by atoms with Gasteiger partial charge in [0.2, 0.25) is 0 Å². The summed E-state index contributed by atoms with van der Waals surface area (Å²) in [6.45, 7) is 6.42. The number of carbonyl (C=O) groups excluding carboxylic acids is 2. The van der Waals surface area contributed by atoms with Crippen LogP contribution in [0.1, 0.15) is 80.3 Å². The van der Waals surface area contributed by atoms with Gasteiger partial charge in [-0.2, -0.15) is 0 Å². The second kappa shape index (κ2) is 13.1. The Balaban J connectivity index is 1.16. The van der Waals surface area contributed by atoms with Crippen LogP contribution in [0.25, 0.3) is 0 Å². The first-order valence-corrected chi connectivity index (χ1v) is 20.5.